The molecule has 0 bridgehead atoms. The highest BCUT2D eigenvalue weighted by atomic mass is 16.5. The Morgan fingerprint density at radius 2 is 2.00 bits per heavy atom. The van der Waals surface area contributed by atoms with Crippen molar-refractivity contribution in [2.75, 3.05) is 14.2 Å². The van der Waals surface area contributed by atoms with E-state index in [0.717, 1.165) is 12.0 Å². The number of benzene rings is 1. The lowest BCUT2D eigenvalue weighted by atomic mass is 9.77. The molecule has 1 atom stereocenters. The minimum absolute atomic E-state index is 0.00344. The number of rotatable bonds is 3. The Kier molecular flexibility index (Phi) is 4.17. The van der Waals surface area contributed by atoms with Gasteiger partial charge in [0.05, 0.1) is 20.1 Å². The monoisotopic (exact) mass is 326 g/mol. The quantitative estimate of drug-likeness (QED) is 0.917. The summed E-state index contributed by atoms with van der Waals surface area (Å²) in [5, 5.41) is 9.54. The van der Waals surface area contributed by atoms with Crippen molar-refractivity contribution in [1.29, 1.82) is 5.26 Å². The summed E-state index contributed by atoms with van der Waals surface area (Å²) in [6, 6.07) is 7.43. The molecule has 0 radical (unpaired) electrons. The maximum absolute atomic E-state index is 12.5. The second kappa shape index (κ2) is 6.28. The van der Waals surface area contributed by atoms with Crippen LogP contribution in [0.3, 0.4) is 0 Å². The predicted octanol–water partition coefficient (Wildman–Crippen LogP) is 2.52. The number of hydrogen-bond donors (Lipinski definition) is 1. The van der Waals surface area contributed by atoms with E-state index in [-0.39, 0.29) is 17.2 Å². The average molecular weight is 326 g/mol. The number of hydrogen-bond acceptors (Lipinski definition) is 6. The van der Waals surface area contributed by atoms with Gasteiger partial charge >= 0.3 is 0 Å². The third-order valence-electron chi connectivity index (χ3n) is 4.35. The molecule has 3 rings (SSSR count). The first kappa shape index (κ1) is 15.9. The first-order valence-electron chi connectivity index (χ1n) is 7.66. The zero-order valence-electron chi connectivity index (χ0n) is 13.6. The molecule has 1 aromatic rings. The van der Waals surface area contributed by atoms with Crippen LogP contribution in [0.5, 0.6) is 11.5 Å². The number of nitrogens with two attached hydrogens (primary N) is 1. The summed E-state index contributed by atoms with van der Waals surface area (Å²) in [5.74, 6) is 1.20. The summed E-state index contributed by atoms with van der Waals surface area (Å²) >= 11 is 0. The van der Waals surface area contributed by atoms with Gasteiger partial charge in [-0.1, -0.05) is 6.07 Å². The number of ether oxygens (including phenoxy) is 3. The highest BCUT2D eigenvalue weighted by Gasteiger charge is 2.38. The molecule has 0 spiro atoms. The lowest BCUT2D eigenvalue weighted by molar-refractivity contribution is -0.116. The molecule has 0 unspecified atom stereocenters. The third-order valence-corrected chi connectivity index (χ3v) is 4.35. The van der Waals surface area contributed by atoms with Crippen LogP contribution >= 0.6 is 0 Å². The van der Waals surface area contributed by atoms with Crippen LogP contribution in [0.2, 0.25) is 0 Å². The maximum atomic E-state index is 12.5. The van der Waals surface area contributed by atoms with E-state index in [0.29, 0.717) is 35.7 Å². The molecule has 6 nitrogen and oxygen atoms in total. The Labute approximate surface area is 140 Å². The number of ketones is 1. The van der Waals surface area contributed by atoms with E-state index >= 15 is 0 Å². The van der Waals surface area contributed by atoms with E-state index in [4.69, 9.17) is 19.9 Å². The Morgan fingerprint density at radius 3 is 2.67 bits per heavy atom. The standard InChI is InChI=1S/C18H18N2O4/c1-22-13-7-6-10(8-15(13)23-2)16-11(9-19)18(20)24-14-5-3-4-12(21)17(14)16/h6-8,16H,3-5,20H2,1-2H3/t16-/m0/s1. The van der Waals surface area contributed by atoms with Gasteiger partial charge in [0, 0.05) is 18.4 Å². The minimum Gasteiger partial charge on any atom is -0.493 e. The van der Waals surface area contributed by atoms with Gasteiger partial charge in [0.25, 0.3) is 0 Å². The second-order valence-electron chi connectivity index (χ2n) is 5.65. The molecule has 2 aliphatic rings. The number of carbonyl (C=O) groups excluding carboxylic acids is 1. The molecule has 1 heterocycles. The summed E-state index contributed by atoms with van der Waals surface area (Å²) in [6.45, 7) is 0. The zero-order valence-corrected chi connectivity index (χ0v) is 13.6. The van der Waals surface area contributed by atoms with Gasteiger partial charge in [-0.3, -0.25) is 4.79 Å². The highest BCUT2D eigenvalue weighted by Crippen LogP contribution is 2.44. The molecule has 6 heteroatoms. The van der Waals surface area contributed by atoms with Crippen LogP contribution in [0, 0.1) is 11.3 Å². The van der Waals surface area contributed by atoms with Crippen molar-refractivity contribution in [2.24, 2.45) is 5.73 Å². The van der Waals surface area contributed by atoms with Crippen LogP contribution in [0.25, 0.3) is 0 Å². The van der Waals surface area contributed by atoms with E-state index < -0.39 is 5.92 Å². The average Bonchev–Trinajstić information content (AvgIpc) is 2.60. The van der Waals surface area contributed by atoms with Crippen molar-refractivity contribution in [1.82, 2.24) is 0 Å². The van der Waals surface area contributed by atoms with Gasteiger partial charge in [-0.15, -0.1) is 0 Å². The van der Waals surface area contributed by atoms with E-state index in [1.165, 1.54) is 7.11 Å². The molecule has 0 fully saturated rings. The van der Waals surface area contributed by atoms with E-state index in [1.54, 1.807) is 19.2 Å². The summed E-state index contributed by atoms with van der Waals surface area (Å²) in [5.41, 5.74) is 7.45. The van der Waals surface area contributed by atoms with Gasteiger partial charge in [-0.2, -0.15) is 5.26 Å². The largest absolute Gasteiger partial charge is 0.493 e. The normalized spacial score (nSPS) is 20.2. The fraction of sp³-hybridized carbons (Fsp3) is 0.333. The van der Waals surface area contributed by atoms with Gasteiger partial charge in [-0.05, 0) is 24.1 Å². The molecule has 124 valence electrons. The van der Waals surface area contributed by atoms with Crippen LogP contribution in [0.1, 0.15) is 30.7 Å². The first-order chi connectivity index (χ1) is 11.6. The minimum atomic E-state index is -0.536. The Morgan fingerprint density at radius 1 is 1.25 bits per heavy atom. The summed E-state index contributed by atoms with van der Waals surface area (Å²) in [6.07, 6.45) is 1.82. The Balaban J connectivity index is 2.17. The van der Waals surface area contributed by atoms with Crippen LogP contribution in [-0.2, 0) is 9.53 Å². The topological polar surface area (TPSA) is 94.6 Å². The molecule has 1 aromatic carbocycles. The van der Waals surface area contributed by atoms with Crippen molar-refractivity contribution in [3.8, 4) is 17.6 Å². The van der Waals surface area contributed by atoms with Crippen LogP contribution in [0.4, 0.5) is 0 Å². The maximum Gasteiger partial charge on any atom is 0.205 e. The zero-order chi connectivity index (χ0) is 17.3. The highest BCUT2D eigenvalue weighted by molar-refractivity contribution is 5.99. The lowest BCUT2D eigenvalue weighted by Crippen LogP contribution is -2.27. The molecule has 0 saturated carbocycles. The first-order valence-corrected chi connectivity index (χ1v) is 7.66. The molecular weight excluding hydrogens is 308 g/mol. The lowest BCUT2D eigenvalue weighted by Gasteiger charge is -2.31. The number of allylic oxidation sites excluding steroid dienone is 3. The Bertz CT molecular complexity index is 802. The van der Waals surface area contributed by atoms with Gasteiger partial charge in [0.15, 0.2) is 17.3 Å². The molecule has 24 heavy (non-hydrogen) atoms. The van der Waals surface area contributed by atoms with Crippen LogP contribution in [0.15, 0.2) is 41.0 Å². The van der Waals surface area contributed by atoms with Gasteiger partial charge < -0.3 is 19.9 Å². The van der Waals surface area contributed by atoms with Gasteiger partial charge in [-0.25, -0.2) is 0 Å². The summed E-state index contributed by atoms with van der Waals surface area (Å²) in [4.78, 5) is 12.5. The van der Waals surface area contributed by atoms with E-state index in [9.17, 15) is 10.1 Å². The summed E-state index contributed by atoms with van der Waals surface area (Å²) < 4.78 is 16.1. The molecule has 0 saturated heterocycles. The Hall–Kier alpha value is -2.94. The number of nitriles is 1. The third kappa shape index (κ3) is 2.48. The van der Waals surface area contributed by atoms with Gasteiger partial charge in [0.1, 0.15) is 17.4 Å². The predicted molar refractivity (Wildman–Crippen MR) is 86.1 cm³/mol. The number of nitrogens with zero attached hydrogens (tertiary/aromatic N) is 1. The molecule has 0 amide bonds. The molecule has 2 N–H and O–H groups in total. The van der Waals surface area contributed by atoms with Crippen molar-refractivity contribution < 1.29 is 19.0 Å². The van der Waals surface area contributed by atoms with Crippen LogP contribution in [-0.4, -0.2) is 20.0 Å². The van der Waals surface area contributed by atoms with Crippen molar-refractivity contribution in [3.05, 3.63) is 46.6 Å². The molecule has 1 aliphatic carbocycles. The fourth-order valence-corrected chi connectivity index (χ4v) is 3.22. The number of carbonyl (C=O) groups is 1. The smallest absolute Gasteiger partial charge is 0.205 e. The van der Waals surface area contributed by atoms with Gasteiger partial charge in [0.2, 0.25) is 5.88 Å². The fourth-order valence-electron chi connectivity index (χ4n) is 3.22. The van der Waals surface area contributed by atoms with Crippen molar-refractivity contribution in [2.45, 2.75) is 25.2 Å². The van der Waals surface area contributed by atoms with E-state index in [2.05, 4.69) is 6.07 Å². The molecule has 1 aliphatic heterocycles. The van der Waals surface area contributed by atoms with Crippen LogP contribution < -0.4 is 15.2 Å². The van der Waals surface area contributed by atoms with E-state index in [1.807, 2.05) is 6.07 Å². The molecule has 0 aromatic heterocycles. The SMILES string of the molecule is COc1ccc([C@H]2C(C#N)=C(N)OC3=C2C(=O)CCC3)cc1OC. The second-order valence-corrected chi connectivity index (χ2v) is 5.65. The number of Topliss-reactive ketones (excluding diaryl/α,β-unsaturated/α-hetero) is 1. The molecular formula is C18H18N2O4. The summed E-state index contributed by atoms with van der Waals surface area (Å²) in [7, 11) is 3.09. The van der Waals surface area contributed by atoms with Crippen molar-refractivity contribution >= 4 is 5.78 Å². The van der Waals surface area contributed by atoms with Crippen molar-refractivity contribution in [3.63, 3.8) is 0 Å². The number of methoxy groups -OCH3 is 2.